The molecule has 7 aromatic rings. The number of carbonyl (C=O) groups excluding carboxylic acids is 2. The zero-order valence-corrected chi connectivity index (χ0v) is 35.9. The van der Waals surface area contributed by atoms with Gasteiger partial charge < -0.3 is 15.0 Å². The number of esters is 1. The number of aliphatic imine (C=N–C) groups is 1. The summed E-state index contributed by atoms with van der Waals surface area (Å²) in [5.74, 6) is -0.177. The molecule has 0 saturated heterocycles. The van der Waals surface area contributed by atoms with Crippen LogP contribution >= 0.6 is 11.3 Å². The van der Waals surface area contributed by atoms with Crippen molar-refractivity contribution in [3.8, 4) is 22.2 Å². The van der Waals surface area contributed by atoms with Crippen LogP contribution in [0.15, 0.2) is 94.9 Å². The quantitative estimate of drug-likeness (QED) is 0.114. The number of anilines is 1. The molecule has 18 heteroatoms. The highest BCUT2D eigenvalue weighted by molar-refractivity contribution is 7.92. The highest BCUT2D eigenvalue weighted by Gasteiger charge is 2.36. The molecule has 0 spiro atoms. The number of methoxy groups -OCH3 is 1. The Kier molecular flexibility index (Phi) is 11.0. The molecular weight excluding hydrogens is 854 g/mol. The van der Waals surface area contributed by atoms with Crippen LogP contribution in [0.1, 0.15) is 78.3 Å². The minimum Gasteiger partial charge on any atom is -0.469 e. The number of hydrogen-bond donors (Lipinski definition) is 3. The van der Waals surface area contributed by atoms with Crippen molar-refractivity contribution in [3.63, 3.8) is 0 Å². The average molecular weight is 891 g/mol. The van der Waals surface area contributed by atoms with E-state index in [-0.39, 0.29) is 40.2 Å². The van der Waals surface area contributed by atoms with Crippen LogP contribution in [0.2, 0.25) is 0 Å². The summed E-state index contributed by atoms with van der Waals surface area (Å²) in [6, 6.07) is 20.2. The molecule has 320 valence electrons. The summed E-state index contributed by atoms with van der Waals surface area (Å²) in [6.07, 6.45) is -3.41. The van der Waals surface area contributed by atoms with Gasteiger partial charge in [0.1, 0.15) is 22.9 Å². The topological polar surface area (TPSA) is 184 Å². The van der Waals surface area contributed by atoms with E-state index in [0.717, 1.165) is 32.6 Å². The van der Waals surface area contributed by atoms with Gasteiger partial charge in [-0.25, -0.2) is 8.42 Å². The van der Waals surface area contributed by atoms with E-state index in [2.05, 4.69) is 31.3 Å². The fraction of sp³-hybridized carbons (Fsp3) is 0.200. The van der Waals surface area contributed by atoms with Crippen LogP contribution in [0, 0.1) is 39.0 Å². The third-order valence-electron chi connectivity index (χ3n) is 11.0. The summed E-state index contributed by atoms with van der Waals surface area (Å²) >= 11 is 1.53. The smallest absolute Gasteiger partial charge is 0.417 e. The van der Waals surface area contributed by atoms with Gasteiger partial charge in [0.15, 0.2) is 5.82 Å². The molecule has 4 heterocycles. The van der Waals surface area contributed by atoms with Crippen molar-refractivity contribution in [1.29, 1.82) is 5.26 Å². The molecule has 0 saturated carbocycles. The summed E-state index contributed by atoms with van der Waals surface area (Å²) in [5.41, 5.74) is 4.21. The van der Waals surface area contributed by atoms with Gasteiger partial charge in [0, 0.05) is 39.7 Å². The van der Waals surface area contributed by atoms with Crippen LogP contribution in [0.3, 0.4) is 0 Å². The van der Waals surface area contributed by atoms with Gasteiger partial charge in [0.05, 0.1) is 46.5 Å². The number of amides is 1. The lowest BCUT2D eigenvalue weighted by Crippen LogP contribution is -2.23. The maximum absolute atomic E-state index is 14.7. The second kappa shape index (κ2) is 16.3. The minimum absolute atomic E-state index is 0.0662. The number of H-pyrrole nitrogens is 1. The maximum atomic E-state index is 14.7. The van der Waals surface area contributed by atoms with Crippen LogP contribution in [0.5, 0.6) is 0 Å². The van der Waals surface area contributed by atoms with Crippen molar-refractivity contribution in [2.45, 2.75) is 57.8 Å². The average Bonchev–Trinajstić information content (AvgIpc) is 3.94. The van der Waals surface area contributed by atoms with Crippen LogP contribution in [0.4, 0.5) is 18.9 Å². The largest absolute Gasteiger partial charge is 0.469 e. The number of nitrogens with one attached hydrogen (secondary N) is 3. The van der Waals surface area contributed by atoms with Crippen molar-refractivity contribution in [3.05, 3.63) is 146 Å². The van der Waals surface area contributed by atoms with E-state index in [1.54, 1.807) is 36.4 Å². The molecule has 13 nitrogen and oxygen atoms in total. The van der Waals surface area contributed by atoms with E-state index in [1.165, 1.54) is 61.0 Å². The molecule has 63 heavy (non-hydrogen) atoms. The molecule has 1 amide bonds. The Bertz CT molecular complexity index is 3160. The van der Waals surface area contributed by atoms with E-state index >= 15 is 0 Å². The molecule has 3 N–H and O–H groups in total. The Morgan fingerprint density at radius 1 is 0.968 bits per heavy atom. The predicted molar refractivity (Wildman–Crippen MR) is 232 cm³/mol. The van der Waals surface area contributed by atoms with Gasteiger partial charge in [0.25, 0.3) is 15.9 Å². The Morgan fingerprint density at radius 3 is 2.37 bits per heavy atom. The van der Waals surface area contributed by atoms with Crippen molar-refractivity contribution >= 4 is 55.5 Å². The lowest BCUT2D eigenvalue weighted by Gasteiger charge is -2.16. The summed E-state index contributed by atoms with van der Waals surface area (Å²) in [5, 5.41) is 22.1. The second-order valence-electron chi connectivity index (χ2n) is 14.9. The van der Waals surface area contributed by atoms with E-state index in [4.69, 9.17) is 9.73 Å². The zero-order chi connectivity index (χ0) is 45.0. The van der Waals surface area contributed by atoms with Crippen LogP contribution in [-0.2, 0) is 32.3 Å². The third-order valence-corrected chi connectivity index (χ3v) is 13.6. The first-order valence-electron chi connectivity index (χ1n) is 19.4. The van der Waals surface area contributed by atoms with Crippen molar-refractivity contribution < 1.29 is 35.9 Å². The normalized spacial score (nSPS) is 13.7. The Balaban J connectivity index is 1.01. The van der Waals surface area contributed by atoms with E-state index in [1.807, 2.05) is 32.3 Å². The number of carbonyl (C=O) groups is 2. The summed E-state index contributed by atoms with van der Waals surface area (Å²) in [7, 11) is -2.78. The SMILES string of the molecule is COC(=O)C[C@@H]1N=C(c2ccc(-c3ccc(C(=O)NCc4ccc(S(=O)(=O)Nc5ccc(C)c6c(C#N)c[nH]c56)cc4)cc3C(F)(F)F)cc2)c2c(sc(C)c2C)-n2c(C)nnc21. The first-order valence-corrected chi connectivity index (χ1v) is 21.7. The number of aromatic nitrogens is 4. The number of halogens is 3. The molecule has 4 aromatic carbocycles. The predicted octanol–water partition coefficient (Wildman–Crippen LogP) is 8.79. The van der Waals surface area contributed by atoms with E-state index in [9.17, 15) is 36.4 Å². The van der Waals surface area contributed by atoms with Crippen LogP contribution < -0.4 is 10.0 Å². The van der Waals surface area contributed by atoms with Gasteiger partial charge in [-0.3, -0.25) is 23.9 Å². The lowest BCUT2D eigenvalue weighted by atomic mass is 9.94. The monoisotopic (exact) mass is 890 g/mol. The number of nitrogens with zero attached hydrogens (tertiary/aromatic N) is 5. The number of sulfonamides is 1. The van der Waals surface area contributed by atoms with Gasteiger partial charge >= 0.3 is 12.1 Å². The molecule has 1 atom stereocenters. The summed E-state index contributed by atoms with van der Waals surface area (Å²) < 4.78 is 80.0. The van der Waals surface area contributed by atoms with Gasteiger partial charge in [-0.2, -0.15) is 18.4 Å². The number of nitriles is 1. The number of hydrogen-bond acceptors (Lipinski definition) is 10. The molecule has 3 aromatic heterocycles. The van der Waals surface area contributed by atoms with Crippen LogP contribution in [0.25, 0.3) is 27.0 Å². The van der Waals surface area contributed by atoms with Crippen molar-refractivity contribution in [2.24, 2.45) is 4.99 Å². The molecule has 1 aliphatic rings. The Hall–Kier alpha value is -7.10. The highest BCUT2D eigenvalue weighted by Crippen LogP contribution is 2.41. The number of fused-ring (bicyclic) bond motifs is 4. The molecule has 0 unspecified atom stereocenters. The Labute approximate surface area is 363 Å². The number of thiophene rings is 1. The fourth-order valence-electron chi connectivity index (χ4n) is 7.61. The van der Waals surface area contributed by atoms with Gasteiger partial charge in [-0.15, -0.1) is 21.5 Å². The zero-order valence-electron chi connectivity index (χ0n) is 34.3. The van der Waals surface area contributed by atoms with Gasteiger partial charge in [-0.1, -0.05) is 48.5 Å². The molecular formula is C45H37F3N8O5S2. The summed E-state index contributed by atoms with van der Waals surface area (Å²) in [4.78, 5) is 34.7. The lowest BCUT2D eigenvalue weighted by molar-refractivity contribution is -0.141. The van der Waals surface area contributed by atoms with E-state index in [0.29, 0.717) is 45.0 Å². The first kappa shape index (κ1) is 42.6. The van der Waals surface area contributed by atoms with Crippen molar-refractivity contribution in [1.82, 2.24) is 25.1 Å². The number of benzene rings is 4. The Morgan fingerprint density at radius 2 is 1.68 bits per heavy atom. The maximum Gasteiger partial charge on any atom is 0.417 e. The molecule has 0 aliphatic carbocycles. The number of ether oxygens (including phenoxy) is 1. The molecule has 8 rings (SSSR count). The molecule has 1 aliphatic heterocycles. The van der Waals surface area contributed by atoms with Gasteiger partial charge in [0.2, 0.25) is 0 Å². The van der Waals surface area contributed by atoms with Gasteiger partial charge in [-0.05, 0) is 85.8 Å². The molecule has 0 bridgehead atoms. The molecule has 0 radical (unpaired) electrons. The fourth-order valence-corrected chi connectivity index (χ4v) is 9.90. The van der Waals surface area contributed by atoms with Crippen molar-refractivity contribution in [2.75, 3.05) is 11.8 Å². The summed E-state index contributed by atoms with van der Waals surface area (Å²) in [6.45, 7) is 7.48. The number of aryl methyl sites for hydroxylation is 3. The second-order valence-corrected chi connectivity index (χ2v) is 17.8. The first-order chi connectivity index (χ1) is 30.0. The standard InChI is InChI=1S/C45H37F3N8O5S2/c1-23-6-17-35(41-38(23)31(20-49)22-50-41)55-63(59,60)32-14-7-27(8-15-32)21-51-43(58)30-13-16-33(34(18-30)45(46,47)48)28-9-11-29(12-10-28)40-39-24(2)25(3)62-44(39)56-26(4)53-54-42(56)36(52-40)19-37(57)61-5/h6-18,22,36,50,55H,19,21H2,1-5H3,(H,51,58)/t36-/m0/s1. The van der Waals surface area contributed by atoms with Crippen LogP contribution in [-0.4, -0.2) is 52.9 Å². The highest BCUT2D eigenvalue weighted by atomic mass is 32.2. The third kappa shape index (κ3) is 7.96. The minimum atomic E-state index is -4.82. The number of rotatable bonds is 10. The molecule has 0 fully saturated rings. The number of aromatic amines is 1. The van der Waals surface area contributed by atoms with E-state index < -0.39 is 39.7 Å². The number of alkyl halides is 3.